The van der Waals surface area contributed by atoms with Crippen LogP contribution in [0.3, 0.4) is 0 Å². The van der Waals surface area contributed by atoms with Crippen molar-refractivity contribution >= 4 is 16.7 Å². The Morgan fingerprint density at radius 2 is 1.94 bits per heavy atom. The second-order valence-corrected chi connectivity index (χ2v) is 8.21. The van der Waals surface area contributed by atoms with E-state index in [2.05, 4.69) is 15.3 Å². The first-order valence-electron chi connectivity index (χ1n) is 10.9. The zero-order valence-corrected chi connectivity index (χ0v) is 19.0. The quantitative estimate of drug-likeness (QED) is 0.441. The maximum absolute atomic E-state index is 13.8. The summed E-state index contributed by atoms with van der Waals surface area (Å²) in [6, 6.07) is 5.89. The molecule has 10 heteroatoms. The Hall–Kier alpha value is -3.14. The van der Waals surface area contributed by atoms with E-state index in [0.29, 0.717) is 46.7 Å². The van der Waals surface area contributed by atoms with Crippen LogP contribution in [0.1, 0.15) is 36.7 Å². The third-order valence-electron chi connectivity index (χ3n) is 5.64. The minimum atomic E-state index is -4.64. The highest BCUT2D eigenvalue weighted by Crippen LogP contribution is 2.36. The van der Waals surface area contributed by atoms with Crippen molar-refractivity contribution in [2.45, 2.75) is 51.6 Å². The first kappa shape index (κ1) is 24.0. The highest BCUT2D eigenvalue weighted by atomic mass is 19.4. The lowest BCUT2D eigenvalue weighted by Gasteiger charge is -2.22. The summed E-state index contributed by atoms with van der Waals surface area (Å²) in [7, 11) is 1.53. The second kappa shape index (κ2) is 9.61. The number of nitrogens with one attached hydrogen (secondary N) is 1. The first-order chi connectivity index (χ1) is 16.1. The van der Waals surface area contributed by atoms with E-state index < -0.39 is 17.6 Å². The number of fused-ring (bicyclic) bond motifs is 1. The molecule has 1 N–H and O–H groups in total. The van der Waals surface area contributed by atoms with Crippen LogP contribution in [0.4, 0.5) is 23.4 Å². The van der Waals surface area contributed by atoms with Crippen LogP contribution >= 0.6 is 0 Å². The van der Waals surface area contributed by atoms with Gasteiger partial charge >= 0.3 is 6.18 Å². The minimum Gasteiger partial charge on any atom is -0.493 e. The number of methoxy groups -OCH3 is 1. The molecular weight excluding hydrogens is 454 g/mol. The molecule has 2 heterocycles. The summed E-state index contributed by atoms with van der Waals surface area (Å²) in [5.74, 6) is 0.838. The van der Waals surface area contributed by atoms with Gasteiger partial charge in [0.15, 0.2) is 11.5 Å². The van der Waals surface area contributed by atoms with Crippen molar-refractivity contribution < 1.29 is 31.8 Å². The summed E-state index contributed by atoms with van der Waals surface area (Å²) in [4.78, 5) is 8.84. The van der Waals surface area contributed by atoms with Crippen molar-refractivity contribution in [2.24, 2.45) is 0 Å². The molecule has 1 unspecified atom stereocenters. The van der Waals surface area contributed by atoms with Crippen LogP contribution in [0.15, 0.2) is 30.3 Å². The van der Waals surface area contributed by atoms with Gasteiger partial charge in [0.2, 0.25) is 0 Å². The summed E-state index contributed by atoms with van der Waals surface area (Å²) >= 11 is 0. The van der Waals surface area contributed by atoms with E-state index in [-0.39, 0.29) is 24.3 Å². The third kappa shape index (κ3) is 5.32. The largest absolute Gasteiger partial charge is 0.493 e. The number of halogens is 4. The van der Waals surface area contributed by atoms with Gasteiger partial charge in [0.25, 0.3) is 0 Å². The smallest absolute Gasteiger partial charge is 0.416 e. The van der Waals surface area contributed by atoms with Gasteiger partial charge in [-0.2, -0.15) is 13.2 Å². The van der Waals surface area contributed by atoms with Crippen LogP contribution in [-0.4, -0.2) is 35.9 Å². The number of hydrogen-bond acceptors (Lipinski definition) is 6. The molecule has 0 aliphatic carbocycles. The lowest BCUT2D eigenvalue weighted by molar-refractivity contribution is -0.137. The summed E-state index contributed by atoms with van der Waals surface area (Å²) in [6.07, 6.45) is -3.00. The number of alkyl halides is 3. The topological polar surface area (TPSA) is 65.5 Å². The Kier molecular flexibility index (Phi) is 6.79. The molecule has 182 valence electrons. The third-order valence-corrected chi connectivity index (χ3v) is 5.64. The minimum absolute atomic E-state index is 0.0249. The van der Waals surface area contributed by atoms with E-state index >= 15 is 0 Å². The highest BCUT2D eigenvalue weighted by Gasteiger charge is 2.31. The number of rotatable bonds is 7. The van der Waals surface area contributed by atoms with Gasteiger partial charge in [0.1, 0.15) is 23.6 Å². The summed E-state index contributed by atoms with van der Waals surface area (Å²) in [5.41, 5.74) is -0.343. The number of benzene rings is 2. The molecule has 4 rings (SSSR count). The fourth-order valence-corrected chi connectivity index (χ4v) is 3.99. The molecule has 2 aromatic carbocycles. The molecule has 1 saturated heterocycles. The molecule has 0 spiro atoms. The van der Waals surface area contributed by atoms with Gasteiger partial charge in [-0.15, -0.1) is 0 Å². The monoisotopic (exact) mass is 479 g/mol. The first-order valence-corrected chi connectivity index (χ1v) is 10.9. The predicted octanol–water partition coefficient (Wildman–Crippen LogP) is 5.66. The standard InChI is InChI=1S/C24H25F4N3O3/c1-13(20-5-4-6-33-20)34-22-10-18-19(11-21(22)32-3)30-14(2)31-23(18)29-12-15-7-16(24(26,27)28)9-17(25)8-15/h7-11,13,20H,4-6,12H2,1-3H3,(H,29,30,31)/t13?,20-/m0/s1. The fraction of sp³-hybridized carbons (Fsp3) is 0.417. The molecule has 2 atom stereocenters. The summed E-state index contributed by atoms with van der Waals surface area (Å²) < 4.78 is 70.3. The van der Waals surface area contributed by atoms with Gasteiger partial charge in [-0.3, -0.25) is 0 Å². The fourth-order valence-electron chi connectivity index (χ4n) is 3.99. The Morgan fingerprint density at radius 1 is 1.15 bits per heavy atom. The molecule has 6 nitrogen and oxygen atoms in total. The van der Waals surface area contributed by atoms with Crippen molar-refractivity contribution in [3.8, 4) is 11.5 Å². The van der Waals surface area contributed by atoms with Gasteiger partial charge in [-0.05, 0) is 56.5 Å². The van der Waals surface area contributed by atoms with Crippen molar-refractivity contribution in [1.82, 2.24) is 9.97 Å². The molecule has 3 aromatic rings. The van der Waals surface area contributed by atoms with Crippen LogP contribution in [0.5, 0.6) is 11.5 Å². The van der Waals surface area contributed by atoms with Crippen LogP contribution in [0.2, 0.25) is 0 Å². The summed E-state index contributed by atoms with van der Waals surface area (Å²) in [6.45, 7) is 4.25. The van der Waals surface area contributed by atoms with Crippen LogP contribution in [0, 0.1) is 12.7 Å². The average Bonchev–Trinajstić information content (AvgIpc) is 3.31. The van der Waals surface area contributed by atoms with Gasteiger partial charge < -0.3 is 19.5 Å². The second-order valence-electron chi connectivity index (χ2n) is 8.21. The van der Waals surface area contributed by atoms with Gasteiger partial charge in [0.05, 0.1) is 24.3 Å². The van der Waals surface area contributed by atoms with Crippen LogP contribution in [0.25, 0.3) is 10.9 Å². The lowest BCUT2D eigenvalue weighted by Crippen LogP contribution is -2.28. The molecule has 0 saturated carbocycles. The zero-order chi connectivity index (χ0) is 24.5. The number of hydrogen-bond donors (Lipinski definition) is 1. The molecule has 1 aliphatic heterocycles. The summed E-state index contributed by atoms with van der Waals surface area (Å²) in [5, 5.41) is 3.61. The van der Waals surface area contributed by atoms with Crippen LogP contribution < -0.4 is 14.8 Å². The van der Waals surface area contributed by atoms with Crippen molar-refractivity contribution in [1.29, 1.82) is 0 Å². The molecular formula is C24H25F4N3O3. The Morgan fingerprint density at radius 3 is 2.62 bits per heavy atom. The predicted molar refractivity (Wildman–Crippen MR) is 119 cm³/mol. The molecule has 1 aromatic heterocycles. The number of ether oxygens (including phenoxy) is 3. The van der Waals surface area contributed by atoms with E-state index in [9.17, 15) is 17.6 Å². The Balaban J connectivity index is 1.65. The Labute approximate surface area is 194 Å². The Bertz CT molecular complexity index is 1180. The van der Waals surface area contributed by atoms with E-state index in [1.807, 2.05) is 6.92 Å². The SMILES string of the molecule is COc1cc2nc(C)nc(NCc3cc(F)cc(C(F)(F)F)c3)c2cc1OC(C)[C@@H]1CCCO1. The molecule has 0 bridgehead atoms. The van der Waals surface area contributed by atoms with Gasteiger partial charge in [-0.25, -0.2) is 14.4 Å². The van der Waals surface area contributed by atoms with Gasteiger partial charge in [-0.1, -0.05) is 0 Å². The highest BCUT2D eigenvalue weighted by molar-refractivity contribution is 5.91. The lowest BCUT2D eigenvalue weighted by atomic mass is 10.1. The number of anilines is 1. The number of aromatic nitrogens is 2. The normalized spacial score (nSPS) is 17.1. The number of nitrogens with zero attached hydrogens (tertiary/aromatic N) is 2. The average molecular weight is 479 g/mol. The van der Waals surface area contributed by atoms with Gasteiger partial charge in [0, 0.05) is 24.6 Å². The number of aryl methyl sites for hydroxylation is 1. The molecule has 1 aliphatic rings. The maximum Gasteiger partial charge on any atom is 0.416 e. The van der Waals surface area contributed by atoms with Crippen molar-refractivity contribution in [3.05, 3.63) is 53.1 Å². The van der Waals surface area contributed by atoms with E-state index in [1.54, 1.807) is 19.1 Å². The molecule has 34 heavy (non-hydrogen) atoms. The van der Waals surface area contributed by atoms with E-state index in [0.717, 1.165) is 25.0 Å². The van der Waals surface area contributed by atoms with Crippen molar-refractivity contribution in [3.63, 3.8) is 0 Å². The van der Waals surface area contributed by atoms with E-state index in [4.69, 9.17) is 14.2 Å². The molecule has 0 radical (unpaired) electrons. The maximum atomic E-state index is 13.8. The van der Waals surface area contributed by atoms with E-state index in [1.165, 1.54) is 7.11 Å². The molecule has 0 amide bonds. The van der Waals surface area contributed by atoms with Crippen molar-refractivity contribution in [2.75, 3.05) is 19.0 Å². The van der Waals surface area contributed by atoms with Crippen LogP contribution in [-0.2, 0) is 17.5 Å². The zero-order valence-electron chi connectivity index (χ0n) is 19.0. The molecule has 1 fully saturated rings.